The molecule has 1 aliphatic heterocycles. The molecule has 118 valence electrons. The number of fused-ring (bicyclic) bond motifs is 1. The van der Waals surface area contributed by atoms with Crippen LogP contribution in [0.15, 0.2) is 35.6 Å². The number of aliphatic imine (C=N–C) groups is 1. The summed E-state index contributed by atoms with van der Waals surface area (Å²) in [5.41, 5.74) is 4.91. The molecule has 1 aromatic carbocycles. The maximum atomic E-state index is 5.62. The van der Waals surface area contributed by atoms with Crippen LogP contribution in [0.4, 0.5) is 0 Å². The predicted octanol–water partition coefficient (Wildman–Crippen LogP) is 2.83. The zero-order valence-corrected chi connectivity index (χ0v) is 13.4. The Morgan fingerprint density at radius 1 is 1.22 bits per heavy atom. The van der Waals surface area contributed by atoms with Crippen molar-refractivity contribution in [3.8, 4) is 17.1 Å². The van der Waals surface area contributed by atoms with Gasteiger partial charge in [-0.2, -0.15) is 0 Å². The van der Waals surface area contributed by atoms with Crippen LogP contribution in [-0.2, 0) is 17.6 Å². The summed E-state index contributed by atoms with van der Waals surface area (Å²) in [5, 5.41) is 0. The van der Waals surface area contributed by atoms with Crippen molar-refractivity contribution in [1.82, 2.24) is 9.97 Å². The number of aromatic nitrogens is 2. The van der Waals surface area contributed by atoms with Crippen molar-refractivity contribution < 1.29 is 9.47 Å². The summed E-state index contributed by atoms with van der Waals surface area (Å²) in [6.07, 6.45) is 6.60. The van der Waals surface area contributed by atoms with Crippen LogP contribution in [-0.4, -0.2) is 35.1 Å². The Bertz CT molecular complexity index is 770. The molecule has 5 heteroatoms. The van der Waals surface area contributed by atoms with Crippen LogP contribution in [0.1, 0.15) is 24.5 Å². The highest BCUT2D eigenvalue weighted by molar-refractivity contribution is 5.76. The minimum absolute atomic E-state index is 0.0634. The smallest absolute Gasteiger partial charge is 0.316 e. The summed E-state index contributed by atoms with van der Waals surface area (Å²) in [5.74, 6) is 0.813. The van der Waals surface area contributed by atoms with Crippen molar-refractivity contribution >= 4 is 5.90 Å². The van der Waals surface area contributed by atoms with E-state index in [1.54, 1.807) is 7.11 Å². The Morgan fingerprint density at radius 3 is 2.74 bits per heavy atom. The molecule has 0 N–H and O–H groups in total. The van der Waals surface area contributed by atoms with E-state index in [4.69, 9.17) is 14.5 Å². The van der Waals surface area contributed by atoms with E-state index in [-0.39, 0.29) is 5.54 Å². The first-order chi connectivity index (χ1) is 11.2. The van der Waals surface area contributed by atoms with Gasteiger partial charge in [-0.1, -0.05) is 18.2 Å². The molecule has 2 heterocycles. The Balaban J connectivity index is 1.71. The molecule has 0 radical (unpaired) electrons. The monoisotopic (exact) mass is 309 g/mol. The third-order valence-electron chi connectivity index (χ3n) is 4.70. The first-order valence-electron chi connectivity index (χ1n) is 7.86. The van der Waals surface area contributed by atoms with Crippen molar-refractivity contribution in [2.75, 3.05) is 13.7 Å². The molecule has 1 atom stereocenters. The molecule has 4 rings (SSSR count). The second kappa shape index (κ2) is 5.33. The van der Waals surface area contributed by atoms with Crippen LogP contribution in [0.2, 0.25) is 0 Å². The van der Waals surface area contributed by atoms with Crippen molar-refractivity contribution in [2.45, 2.75) is 31.7 Å². The average molecular weight is 309 g/mol. The van der Waals surface area contributed by atoms with Crippen LogP contribution < -0.4 is 4.74 Å². The lowest BCUT2D eigenvalue weighted by molar-refractivity contribution is 0.236. The van der Waals surface area contributed by atoms with Gasteiger partial charge in [0.15, 0.2) is 5.90 Å². The van der Waals surface area contributed by atoms with Crippen LogP contribution in [0.5, 0.6) is 6.01 Å². The van der Waals surface area contributed by atoms with Crippen LogP contribution >= 0.6 is 0 Å². The molecule has 1 spiro atoms. The van der Waals surface area contributed by atoms with Gasteiger partial charge in [-0.3, -0.25) is 0 Å². The minimum atomic E-state index is -0.0634. The molecule has 2 aromatic rings. The third kappa shape index (κ3) is 2.46. The maximum absolute atomic E-state index is 5.62. The predicted molar refractivity (Wildman–Crippen MR) is 87.8 cm³/mol. The van der Waals surface area contributed by atoms with Crippen molar-refractivity contribution in [3.05, 3.63) is 41.7 Å². The lowest BCUT2D eigenvalue weighted by Gasteiger charge is -2.31. The number of hydrogen-bond acceptors (Lipinski definition) is 5. The van der Waals surface area contributed by atoms with Gasteiger partial charge in [0.2, 0.25) is 0 Å². The molecule has 23 heavy (non-hydrogen) atoms. The Kier molecular flexibility index (Phi) is 3.29. The van der Waals surface area contributed by atoms with Gasteiger partial charge in [0.05, 0.1) is 7.11 Å². The van der Waals surface area contributed by atoms with E-state index >= 15 is 0 Å². The van der Waals surface area contributed by atoms with Gasteiger partial charge >= 0.3 is 6.01 Å². The second-order valence-corrected chi connectivity index (χ2v) is 6.22. The number of hydrogen-bond donors (Lipinski definition) is 0. The van der Waals surface area contributed by atoms with Gasteiger partial charge in [0, 0.05) is 31.3 Å². The van der Waals surface area contributed by atoms with Crippen LogP contribution in [0, 0.1) is 0 Å². The number of nitrogens with zero attached hydrogens (tertiary/aromatic N) is 3. The summed E-state index contributed by atoms with van der Waals surface area (Å²) in [6, 6.07) is 6.84. The zero-order chi connectivity index (χ0) is 15.9. The molecule has 1 aromatic heterocycles. The first kappa shape index (κ1) is 14.2. The molecular formula is C18H19N3O2. The van der Waals surface area contributed by atoms with Crippen molar-refractivity contribution in [2.24, 2.45) is 4.99 Å². The van der Waals surface area contributed by atoms with Gasteiger partial charge in [-0.05, 0) is 29.5 Å². The van der Waals surface area contributed by atoms with E-state index in [0.717, 1.165) is 30.7 Å². The number of methoxy groups -OCH3 is 1. The highest BCUT2D eigenvalue weighted by Gasteiger charge is 2.39. The average Bonchev–Trinajstić information content (AvgIpc) is 2.94. The largest absolute Gasteiger partial charge is 0.479 e. The third-order valence-corrected chi connectivity index (χ3v) is 4.70. The second-order valence-electron chi connectivity index (χ2n) is 6.22. The Hall–Kier alpha value is -2.43. The molecule has 1 unspecified atom stereocenters. The molecule has 0 fully saturated rings. The minimum Gasteiger partial charge on any atom is -0.479 e. The van der Waals surface area contributed by atoms with Gasteiger partial charge in [0.25, 0.3) is 0 Å². The van der Waals surface area contributed by atoms with Gasteiger partial charge in [0.1, 0.15) is 12.1 Å². The van der Waals surface area contributed by atoms with Gasteiger partial charge in [-0.25, -0.2) is 15.0 Å². The molecule has 2 aliphatic rings. The lowest BCUT2D eigenvalue weighted by Crippen LogP contribution is -2.35. The van der Waals surface area contributed by atoms with E-state index in [0.29, 0.717) is 12.6 Å². The highest BCUT2D eigenvalue weighted by Crippen LogP contribution is 2.38. The summed E-state index contributed by atoms with van der Waals surface area (Å²) in [7, 11) is 1.57. The Labute approximate surface area is 135 Å². The Morgan fingerprint density at radius 2 is 2.04 bits per heavy atom. The van der Waals surface area contributed by atoms with E-state index < -0.39 is 0 Å². The number of benzene rings is 1. The summed E-state index contributed by atoms with van der Waals surface area (Å²) >= 11 is 0. The fourth-order valence-corrected chi connectivity index (χ4v) is 3.58. The van der Waals surface area contributed by atoms with Crippen molar-refractivity contribution in [1.29, 1.82) is 0 Å². The molecule has 0 amide bonds. The topological polar surface area (TPSA) is 56.6 Å². The SMILES string of the molecule is COc1ncc(-c2cccc3c2CCC2(COC(C)=N2)C3)cn1. The summed E-state index contributed by atoms with van der Waals surface area (Å²) in [6.45, 7) is 2.64. The van der Waals surface area contributed by atoms with E-state index in [1.165, 1.54) is 16.7 Å². The zero-order valence-electron chi connectivity index (χ0n) is 13.4. The van der Waals surface area contributed by atoms with Crippen LogP contribution in [0.3, 0.4) is 0 Å². The van der Waals surface area contributed by atoms with Gasteiger partial charge < -0.3 is 9.47 Å². The quantitative estimate of drug-likeness (QED) is 0.856. The van der Waals surface area contributed by atoms with E-state index in [9.17, 15) is 0 Å². The fourth-order valence-electron chi connectivity index (χ4n) is 3.58. The molecule has 1 aliphatic carbocycles. The van der Waals surface area contributed by atoms with E-state index in [1.807, 2.05) is 19.3 Å². The fraction of sp³-hybridized carbons (Fsp3) is 0.389. The van der Waals surface area contributed by atoms with Crippen LogP contribution in [0.25, 0.3) is 11.1 Å². The summed E-state index contributed by atoms with van der Waals surface area (Å²) in [4.78, 5) is 13.2. The molecule has 0 saturated carbocycles. The maximum Gasteiger partial charge on any atom is 0.316 e. The van der Waals surface area contributed by atoms with Crippen molar-refractivity contribution in [3.63, 3.8) is 0 Å². The molecule has 0 bridgehead atoms. The number of rotatable bonds is 2. The summed E-state index contributed by atoms with van der Waals surface area (Å²) < 4.78 is 10.7. The lowest BCUT2D eigenvalue weighted by atomic mass is 9.77. The first-order valence-corrected chi connectivity index (χ1v) is 7.86. The van der Waals surface area contributed by atoms with Gasteiger partial charge in [-0.15, -0.1) is 0 Å². The molecule has 5 nitrogen and oxygen atoms in total. The molecular weight excluding hydrogens is 290 g/mol. The highest BCUT2D eigenvalue weighted by atomic mass is 16.5. The van der Waals surface area contributed by atoms with E-state index in [2.05, 4.69) is 28.2 Å². The molecule has 0 saturated heterocycles. The number of ether oxygens (including phenoxy) is 2. The standard InChI is InChI=1S/C18H19N3O2/c1-12-21-18(11-23-12)7-6-16-13(8-18)4-3-5-15(16)14-9-19-17(22-2)20-10-14/h3-5,9-10H,6-8,11H2,1-2H3. The normalized spacial score (nSPS) is 22.4.